The van der Waals surface area contributed by atoms with Gasteiger partial charge in [0.2, 0.25) is 0 Å². The summed E-state index contributed by atoms with van der Waals surface area (Å²) in [6, 6.07) is 1.94. The number of hydrogen-bond acceptors (Lipinski definition) is 3. The first-order valence-corrected chi connectivity index (χ1v) is 7.37. The van der Waals surface area contributed by atoms with Gasteiger partial charge in [0.05, 0.1) is 4.88 Å². The molecule has 0 saturated carbocycles. The lowest BCUT2D eigenvalue weighted by molar-refractivity contribution is -0.137. The van der Waals surface area contributed by atoms with Crippen LogP contribution in [-0.4, -0.2) is 23.0 Å². The fourth-order valence-electron chi connectivity index (χ4n) is 1.91. The van der Waals surface area contributed by atoms with Gasteiger partial charge in [0.15, 0.2) is 0 Å². The third-order valence-corrected chi connectivity index (χ3v) is 4.12. The second kappa shape index (κ2) is 7.28. The summed E-state index contributed by atoms with van der Waals surface area (Å²) in [5.74, 6) is -0.851. The van der Waals surface area contributed by atoms with Crippen molar-refractivity contribution in [2.45, 2.75) is 52.5 Å². The molecule has 5 heteroatoms. The van der Waals surface area contributed by atoms with Crippen molar-refractivity contribution in [3.63, 3.8) is 0 Å². The zero-order valence-corrected chi connectivity index (χ0v) is 12.5. The van der Waals surface area contributed by atoms with Crippen LogP contribution in [-0.2, 0) is 11.2 Å². The van der Waals surface area contributed by atoms with Crippen LogP contribution in [0.5, 0.6) is 0 Å². The van der Waals surface area contributed by atoms with E-state index in [4.69, 9.17) is 5.11 Å². The highest BCUT2D eigenvalue weighted by Crippen LogP contribution is 2.22. The lowest BCUT2D eigenvalue weighted by Gasteiger charge is -2.12. The Labute approximate surface area is 117 Å². The summed E-state index contributed by atoms with van der Waals surface area (Å²) in [5, 5.41) is 11.5. The average molecular weight is 283 g/mol. The van der Waals surface area contributed by atoms with Crippen LogP contribution in [0.1, 0.15) is 53.2 Å². The molecule has 0 radical (unpaired) electrons. The van der Waals surface area contributed by atoms with Gasteiger partial charge in [-0.15, -0.1) is 11.3 Å². The van der Waals surface area contributed by atoms with Crippen LogP contribution in [0.15, 0.2) is 6.07 Å². The van der Waals surface area contributed by atoms with Gasteiger partial charge in [-0.3, -0.25) is 9.59 Å². The molecule has 0 aliphatic rings. The summed E-state index contributed by atoms with van der Waals surface area (Å²) in [7, 11) is 0. The number of aryl methyl sites for hydroxylation is 2. The molecule has 19 heavy (non-hydrogen) atoms. The maximum Gasteiger partial charge on any atom is 0.303 e. The lowest BCUT2D eigenvalue weighted by atomic mass is 10.1. The van der Waals surface area contributed by atoms with Crippen molar-refractivity contribution >= 4 is 23.2 Å². The Balaban J connectivity index is 2.47. The van der Waals surface area contributed by atoms with E-state index >= 15 is 0 Å². The van der Waals surface area contributed by atoms with Crippen LogP contribution >= 0.6 is 11.3 Å². The third kappa shape index (κ3) is 5.03. The Hall–Kier alpha value is -1.36. The topological polar surface area (TPSA) is 66.4 Å². The SMILES string of the molecule is CCc1cc(C(=O)NC(C)CCCC(=O)O)sc1C. The monoisotopic (exact) mass is 283 g/mol. The standard InChI is InChI=1S/C14H21NO3S/c1-4-11-8-12(19-10(11)3)14(18)15-9(2)6-5-7-13(16)17/h8-9H,4-7H2,1-3H3,(H,15,18)(H,16,17). The zero-order chi connectivity index (χ0) is 14.4. The van der Waals surface area contributed by atoms with E-state index in [-0.39, 0.29) is 18.4 Å². The van der Waals surface area contributed by atoms with E-state index < -0.39 is 5.97 Å². The first-order chi connectivity index (χ1) is 8.93. The molecule has 1 atom stereocenters. The minimum Gasteiger partial charge on any atom is -0.481 e. The van der Waals surface area contributed by atoms with Crippen molar-refractivity contribution in [1.82, 2.24) is 5.32 Å². The zero-order valence-electron chi connectivity index (χ0n) is 11.7. The van der Waals surface area contributed by atoms with E-state index in [1.807, 2.05) is 19.9 Å². The minimum absolute atomic E-state index is 0.000618. The summed E-state index contributed by atoms with van der Waals surface area (Å²) in [6.45, 7) is 6.00. The molecule has 1 rings (SSSR count). The van der Waals surface area contributed by atoms with E-state index in [0.29, 0.717) is 12.8 Å². The Morgan fingerprint density at radius 1 is 1.47 bits per heavy atom. The van der Waals surface area contributed by atoms with Gasteiger partial charge in [-0.05, 0) is 44.7 Å². The van der Waals surface area contributed by atoms with E-state index in [2.05, 4.69) is 12.2 Å². The first kappa shape index (κ1) is 15.7. The van der Waals surface area contributed by atoms with E-state index in [1.165, 1.54) is 21.8 Å². The molecule has 1 aromatic heterocycles. The van der Waals surface area contributed by atoms with Crippen LogP contribution < -0.4 is 5.32 Å². The van der Waals surface area contributed by atoms with Gasteiger partial charge in [-0.25, -0.2) is 0 Å². The number of carbonyl (C=O) groups excluding carboxylic acids is 1. The number of carboxylic acid groups (broad SMARTS) is 1. The number of amides is 1. The maximum absolute atomic E-state index is 12.0. The fraction of sp³-hybridized carbons (Fsp3) is 0.571. The van der Waals surface area contributed by atoms with Gasteiger partial charge in [0, 0.05) is 17.3 Å². The Morgan fingerprint density at radius 2 is 2.16 bits per heavy atom. The van der Waals surface area contributed by atoms with Crippen LogP contribution in [0, 0.1) is 6.92 Å². The molecule has 1 aromatic rings. The van der Waals surface area contributed by atoms with Crippen molar-refractivity contribution in [2.24, 2.45) is 0 Å². The highest BCUT2D eigenvalue weighted by molar-refractivity contribution is 7.14. The number of aliphatic carboxylic acids is 1. The number of nitrogens with one attached hydrogen (secondary N) is 1. The predicted molar refractivity (Wildman–Crippen MR) is 76.8 cm³/mol. The summed E-state index contributed by atoms with van der Waals surface area (Å²) >= 11 is 1.51. The molecule has 4 nitrogen and oxygen atoms in total. The Kier molecular flexibility index (Phi) is 6.02. The van der Waals surface area contributed by atoms with Gasteiger partial charge in [-0.2, -0.15) is 0 Å². The fourth-order valence-corrected chi connectivity index (χ4v) is 2.93. The lowest BCUT2D eigenvalue weighted by Crippen LogP contribution is -2.32. The third-order valence-electron chi connectivity index (χ3n) is 3.03. The van der Waals surface area contributed by atoms with E-state index in [0.717, 1.165) is 11.3 Å². The molecule has 1 heterocycles. The van der Waals surface area contributed by atoms with Gasteiger partial charge in [-0.1, -0.05) is 6.92 Å². The van der Waals surface area contributed by atoms with Crippen molar-refractivity contribution in [2.75, 3.05) is 0 Å². The summed E-state index contributed by atoms with van der Waals surface area (Å²) in [5.41, 5.74) is 1.22. The van der Waals surface area contributed by atoms with E-state index in [1.54, 1.807) is 0 Å². The molecular formula is C14H21NO3S. The quantitative estimate of drug-likeness (QED) is 0.808. The van der Waals surface area contributed by atoms with Crippen molar-refractivity contribution < 1.29 is 14.7 Å². The average Bonchev–Trinajstić information content (AvgIpc) is 2.70. The first-order valence-electron chi connectivity index (χ1n) is 6.56. The molecule has 2 N–H and O–H groups in total. The predicted octanol–water partition coefficient (Wildman–Crippen LogP) is 2.99. The molecule has 106 valence electrons. The summed E-state index contributed by atoms with van der Waals surface area (Å²) < 4.78 is 0. The van der Waals surface area contributed by atoms with Crippen LogP contribution in [0.2, 0.25) is 0 Å². The molecule has 0 fully saturated rings. The number of carboxylic acids is 1. The molecular weight excluding hydrogens is 262 g/mol. The summed E-state index contributed by atoms with van der Waals surface area (Å²) in [4.78, 5) is 24.4. The highest BCUT2D eigenvalue weighted by atomic mass is 32.1. The minimum atomic E-state index is -0.792. The van der Waals surface area contributed by atoms with E-state index in [9.17, 15) is 9.59 Å². The number of carbonyl (C=O) groups is 2. The normalized spacial score (nSPS) is 12.2. The number of hydrogen-bond donors (Lipinski definition) is 2. The Morgan fingerprint density at radius 3 is 2.68 bits per heavy atom. The van der Waals surface area contributed by atoms with Crippen LogP contribution in [0.25, 0.3) is 0 Å². The van der Waals surface area contributed by atoms with Gasteiger partial charge in [0.25, 0.3) is 5.91 Å². The maximum atomic E-state index is 12.0. The smallest absolute Gasteiger partial charge is 0.303 e. The van der Waals surface area contributed by atoms with Crippen LogP contribution in [0.4, 0.5) is 0 Å². The number of thiophene rings is 1. The Bertz CT molecular complexity index is 454. The van der Waals surface area contributed by atoms with Crippen molar-refractivity contribution in [3.8, 4) is 0 Å². The largest absolute Gasteiger partial charge is 0.481 e. The van der Waals surface area contributed by atoms with Crippen LogP contribution in [0.3, 0.4) is 0 Å². The number of rotatable bonds is 7. The summed E-state index contributed by atoms with van der Waals surface area (Å²) in [6.07, 6.45) is 2.35. The van der Waals surface area contributed by atoms with Crippen molar-refractivity contribution in [3.05, 3.63) is 21.4 Å². The second-order valence-electron chi connectivity index (χ2n) is 4.71. The molecule has 0 bridgehead atoms. The molecule has 0 aromatic carbocycles. The molecule has 0 aliphatic heterocycles. The van der Waals surface area contributed by atoms with Gasteiger partial charge < -0.3 is 10.4 Å². The molecule has 0 saturated heterocycles. The second-order valence-corrected chi connectivity index (χ2v) is 5.96. The van der Waals surface area contributed by atoms with Crippen molar-refractivity contribution in [1.29, 1.82) is 0 Å². The molecule has 0 aliphatic carbocycles. The van der Waals surface area contributed by atoms with Gasteiger partial charge in [0.1, 0.15) is 0 Å². The highest BCUT2D eigenvalue weighted by Gasteiger charge is 2.14. The molecule has 1 amide bonds. The van der Waals surface area contributed by atoms with Gasteiger partial charge >= 0.3 is 5.97 Å². The molecule has 1 unspecified atom stereocenters. The molecule has 0 spiro atoms.